The summed E-state index contributed by atoms with van der Waals surface area (Å²) in [6.07, 6.45) is 3.35. The Kier molecular flexibility index (Phi) is 2.79. The second kappa shape index (κ2) is 4.08. The van der Waals surface area contributed by atoms with E-state index < -0.39 is 0 Å². The third-order valence-electron chi connectivity index (χ3n) is 1.77. The Labute approximate surface area is 96.3 Å². The lowest BCUT2D eigenvalue weighted by atomic mass is 10.4. The molecule has 0 fully saturated rings. The lowest BCUT2D eigenvalue weighted by Crippen LogP contribution is -2.09. The molecule has 1 amide bonds. The molecule has 78 valence electrons. The summed E-state index contributed by atoms with van der Waals surface area (Å²) in [5.41, 5.74) is 0.691. The summed E-state index contributed by atoms with van der Waals surface area (Å²) < 4.78 is 1.63. The standard InChI is InChI=1S/C9H9N3OS2/c1-12-4-6(3-10-12)11-9(13)8-2-7(14)5-15-8/h2-5,14H,1H3,(H,11,13). The van der Waals surface area contributed by atoms with Gasteiger partial charge in [0.1, 0.15) is 0 Å². The quantitative estimate of drug-likeness (QED) is 0.788. The third kappa shape index (κ3) is 2.40. The highest BCUT2D eigenvalue weighted by Gasteiger charge is 2.08. The van der Waals surface area contributed by atoms with E-state index in [0.29, 0.717) is 10.6 Å². The zero-order valence-corrected chi connectivity index (χ0v) is 9.68. The van der Waals surface area contributed by atoms with Gasteiger partial charge in [-0.15, -0.1) is 24.0 Å². The third-order valence-corrected chi connectivity index (χ3v) is 3.13. The molecule has 6 heteroatoms. The summed E-state index contributed by atoms with van der Waals surface area (Å²) in [4.78, 5) is 13.1. The first kappa shape index (κ1) is 10.3. The number of amides is 1. The Bertz CT molecular complexity index is 489. The number of anilines is 1. The van der Waals surface area contributed by atoms with Gasteiger partial charge in [0, 0.05) is 23.5 Å². The van der Waals surface area contributed by atoms with Crippen LogP contribution in [0.2, 0.25) is 0 Å². The summed E-state index contributed by atoms with van der Waals surface area (Å²) in [6.45, 7) is 0. The zero-order chi connectivity index (χ0) is 10.8. The van der Waals surface area contributed by atoms with Crippen LogP contribution in [0.1, 0.15) is 9.67 Å². The van der Waals surface area contributed by atoms with E-state index in [0.717, 1.165) is 4.90 Å². The molecular weight excluding hydrogens is 230 g/mol. The fraction of sp³-hybridized carbons (Fsp3) is 0.111. The van der Waals surface area contributed by atoms with Crippen molar-refractivity contribution >= 4 is 35.6 Å². The SMILES string of the molecule is Cn1cc(NC(=O)c2cc(S)cs2)cn1. The summed E-state index contributed by atoms with van der Waals surface area (Å²) in [5.74, 6) is -0.131. The topological polar surface area (TPSA) is 46.9 Å². The Morgan fingerprint density at radius 1 is 1.67 bits per heavy atom. The van der Waals surface area contributed by atoms with Crippen molar-refractivity contribution in [3.05, 3.63) is 28.7 Å². The van der Waals surface area contributed by atoms with E-state index in [1.165, 1.54) is 11.3 Å². The molecule has 2 aromatic rings. The molecule has 0 unspecified atom stereocenters. The largest absolute Gasteiger partial charge is 0.319 e. The second-order valence-electron chi connectivity index (χ2n) is 3.03. The summed E-state index contributed by atoms with van der Waals surface area (Å²) >= 11 is 5.51. The van der Waals surface area contributed by atoms with Crippen molar-refractivity contribution in [2.24, 2.45) is 7.05 Å². The van der Waals surface area contributed by atoms with Gasteiger partial charge in [0.2, 0.25) is 0 Å². The Morgan fingerprint density at radius 3 is 3.00 bits per heavy atom. The average molecular weight is 239 g/mol. The molecule has 0 saturated heterocycles. The van der Waals surface area contributed by atoms with Crippen LogP contribution in [0, 0.1) is 0 Å². The average Bonchev–Trinajstić information content (AvgIpc) is 2.75. The number of hydrogen-bond donors (Lipinski definition) is 2. The van der Waals surface area contributed by atoms with Gasteiger partial charge in [0.05, 0.1) is 16.8 Å². The van der Waals surface area contributed by atoms with E-state index in [9.17, 15) is 4.79 Å². The molecule has 0 spiro atoms. The van der Waals surface area contributed by atoms with Gasteiger partial charge in [-0.1, -0.05) is 0 Å². The Morgan fingerprint density at radius 2 is 2.47 bits per heavy atom. The van der Waals surface area contributed by atoms with Gasteiger partial charge in [-0.2, -0.15) is 5.10 Å². The number of thiophene rings is 1. The monoisotopic (exact) mass is 239 g/mol. The molecular formula is C9H9N3OS2. The molecule has 0 saturated carbocycles. The number of thiol groups is 1. The molecule has 0 aliphatic carbocycles. The minimum absolute atomic E-state index is 0.131. The molecule has 2 aromatic heterocycles. The molecule has 1 N–H and O–H groups in total. The van der Waals surface area contributed by atoms with Crippen LogP contribution in [-0.2, 0) is 7.05 Å². The molecule has 15 heavy (non-hydrogen) atoms. The fourth-order valence-electron chi connectivity index (χ4n) is 1.12. The smallest absolute Gasteiger partial charge is 0.265 e. The van der Waals surface area contributed by atoms with Crippen molar-refractivity contribution in [3.63, 3.8) is 0 Å². The fourth-order valence-corrected chi connectivity index (χ4v) is 2.17. The first-order chi connectivity index (χ1) is 7.15. The second-order valence-corrected chi connectivity index (χ2v) is 4.45. The number of carbonyl (C=O) groups excluding carboxylic acids is 1. The molecule has 2 heterocycles. The first-order valence-corrected chi connectivity index (χ1v) is 5.55. The minimum Gasteiger partial charge on any atom is -0.319 e. The summed E-state index contributed by atoms with van der Waals surface area (Å²) in [5, 5.41) is 8.53. The van der Waals surface area contributed by atoms with Crippen LogP contribution in [0.4, 0.5) is 5.69 Å². The normalized spacial score (nSPS) is 10.3. The van der Waals surface area contributed by atoms with Gasteiger partial charge >= 0.3 is 0 Å². The number of rotatable bonds is 2. The predicted molar refractivity (Wildman–Crippen MR) is 62.7 cm³/mol. The maximum Gasteiger partial charge on any atom is 0.265 e. The van der Waals surface area contributed by atoms with E-state index in [2.05, 4.69) is 23.0 Å². The number of nitrogens with zero attached hydrogens (tertiary/aromatic N) is 2. The molecule has 0 aromatic carbocycles. The van der Waals surface area contributed by atoms with Crippen LogP contribution in [-0.4, -0.2) is 15.7 Å². The predicted octanol–water partition coefficient (Wildman–Crippen LogP) is 2.02. The van der Waals surface area contributed by atoms with Gasteiger partial charge in [0.25, 0.3) is 5.91 Å². The van der Waals surface area contributed by atoms with Crippen molar-refractivity contribution in [1.29, 1.82) is 0 Å². The lowest BCUT2D eigenvalue weighted by molar-refractivity contribution is 0.103. The Hall–Kier alpha value is -1.27. The number of hydrogen-bond acceptors (Lipinski definition) is 4. The number of aryl methyl sites for hydroxylation is 1. The number of nitrogens with one attached hydrogen (secondary N) is 1. The van der Waals surface area contributed by atoms with Gasteiger partial charge < -0.3 is 5.32 Å². The van der Waals surface area contributed by atoms with E-state index in [-0.39, 0.29) is 5.91 Å². The highest BCUT2D eigenvalue weighted by molar-refractivity contribution is 7.80. The minimum atomic E-state index is -0.131. The van der Waals surface area contributed by atoms with E-state index in [1.807, 2.05) is 5.38 Å². The van der Waals surface area contributed by atoms with Crippen LogP contribution >= 0.6 is 24.0 Å². The van der Waals surface area contributed by atoms with Crippen molar-refractivity contribution in [3.8, 4) is 0 Å². The number of aromatic nitrogens is 2. The number of carbonyl (C=O) groups is 1. The van der Waals surface area contributed by atoms with E-state index >= 15 is 0 Å². The molecule has 0 radical (unpaired) electrons. The molecule has 0 bridgehead atoms. The van der Waals surface area contributed by atoms with Crippen molar-refractivity contribution < 1.29 is 4.79 Å². The summed E-state index contributed by atoms with van der Waals surface area (Å²) in [6, 6.07) is 1.74. The van der Waals surface area contributed by atoms with Crippen LogP contribution in [0.15, 0.2) is 28.7 Å². The van der Waals surface area contributed by atoms with Crippen LogP contribution in [0.3, 0.4) is 0 Å². The Balaban J connectivity index is 2.10. The first-order valence-electron chi connectivity index (χ1n) is 4.22. The van der Waals surface area contributed by atoms with E-state index in [1.54, 1.807) is 30.2 Å². The zero-order valence-electron chi connectivity index (χ0n) is 7.97. The van der Waals surface area contributed by atoms with E-state index in [4.69, 9.17) is 0 Å². The van der Waals surface area contributed by atoms with Gasteiger partial charge in [-0.25, -0.2) is 0 Å². The maximum atomic E-state index is 11.7. The molecule has 0 aliphatic rings. The van der Waals surface area contributed by atoms with Gasteiger partial charge in [-0.05, 0) is 6.07 Å². The van der Waals surface area contributed by atoms with Crippen molar-refractivity contribution in [2.45, 2.75) is 4.90 Å². The molecule has 0 atom stereocenters. The van der Waals surface area contributed by atoms with Crippen molar-refractivity contribution in [2.75, 3.05) is 5.32 Å². The van der Waals surface area contributed by atoms with Crippen LogP contribution in [0.25, 0.3) is 0 Å². The van der Waals surface area contributed by atoms with Gasteiger partial charge in [0.15, 0.2) is 0 Å². The summed E-state index contributed by atoms with van der Waals surface area (Å²) in [7, 11) is 1.80. The molecule has 2 rings (SSSR count). The lowest BCUT2D eigenvalue weighted by Gasteiger charge is -1.97. The molecule has 0 aliphatic heterocycles. The highest BCUT2D eigenvalue weighted by atomic mass is 32.1. The van der Waals surface area contributed by atoms with Crippen LogP contribution < -0.4 is 5.32 Å². The van der Waals surface area contributed by atoms with Crippen LogP contribution in [0.5, 0.6) is 0 Å². The molecule has 4 nitrogen and oxygen atoms in total. The van der Waals surface area contributed by atoms with Gasteiger partial charge in [-0.3, -0.25) is 9.48 Å². The maximum absolute atomic E-state index is 11.7. The van der Waals surface area contributed by atoms with Crippen molar-refractivity contribution in [1.82, 2.24) is 9.78 Å². The highest BCUT2D eigenvalue weighted by Crippen LogP contribution is 2.18.